The summed E-state index contributed by atoms with van der Waals surface area (Å²) in [7, 11) is 1.65. The summed E-state index contributed by atoms with van der Waals surface area (Å²) in [5.74, 6) is 2.41. The number of methoxy groups -OCH3 is 1. The second kappa shape index (κ2) is 7.68. The fourth-order valence-corrected chi connectivity index (χ4v) is 2.46. The zero-order valence-electron chi connectivity index (χ0n) is 14.0. The van der Waals surface area contributed by atoms with Crippen molar-refractivity contribution in [3.8, 4) is 17.2 Å². The van der Waals surface area contributed by atoms with Crippen LogP contribution in [0.25, 0.3) is 10.9 Å². The van der Waals surface area contributed by atoms with Crippen LogP contribution >= 0.6 is 0 Å². The van der Waals surface area contributed by atoms with Crippen molar-refractivity contribution in [2.75, 3.05) is 20.3 Å². The quantitative estimate of drug-likeness (QED) is 0.604. The molecule has 3 rings (SSSR count). The summed E-state index contributed by atoms with van der Waals surface area (Å²) in [5, 5.41) is 1.09. The predicted octanol–water partition coefficient (Wildman–Crippen LogP) is 4.40. The first kappa shape index (κ1) is 16.1. The van der Waals surface area contributed by atoms with E-state index >= 15 is 0 Å². The molecule has 0 amide bonds. The van der Waals surface area contributed by atoms with Crippen molar-refractivity contribution in [2.24, 2.45) is 0 Å². The van der Waals surface area contributed by atoms with Gasteiger partial charge >= 0.3 is 0 Å². The highest BCUT2D eigenvalue weighted by Gasteiger charge is 2.04. The summed E-state index contributed by atoms with van der Waals surface area (Å²) < 4.78 is 16.8. The third-order valence-corrected chi connectivity index (χ3v) is 3.68. The summed E-state index contributed by atoms with van der Waals surface area (Å²) >= 11 is 0. The van der Waals surface area contributed by atoms with Gasteiger partial charge in [0.05, 0.1) is 20.3 Å². The molecule has 0 unspecified atom stereocenters. The van der Waals surface area contributed by atoms with Crippen LogP contribution in [0, 0.1) is 6.92 Å². The Morgan fingerprint density at radius 3 is 2.54 bits per heavy atom. The Labute approximate surface area is 142 Å². The number of ether oxygens (including phenoxy) is 3. The van der Waals surface area contributed by atoms with Crippen molar-refractivity contribution in [2.45, 2.75) is 13.3 Å². The van der Waals surface area contributed by atoms with Gasteiger partial charge in [-0.25, -0.2) is 4.98 Å². The average molecular weight is 323 g/mol. The molecule has 0 atom stereocenters. The van der Waals surface area contributed by atoms with E-state index in [1.807, 2.05) is 55.5 Å². The number of fused-ring (bicyclic) bond motifs is 1. The highest BCUT2D eigenvalue weighted by molar-refractivity contribution is 5.84. The van der Waals surface area contributed by atoms with Gasteiger partial charge in [-0.2, -0.15) is 0 Å². The summed E-state index contributed by atoms with van der Waals surface area (Å²) in [4.78, 5) is 4.57. The van der Waals surface area contributed by atoms with Crippen molar-refractivity contribution in [3.63, 3.8) is 0 Å². The van der Waals surface area contributed by atoms with Crippen molar-refractivity contribution < 1.29 is 14.2 Å². The number of rotatable bonds is 7. The summed E-state index contributed by atoms with van der Waals surface area (Å²) in [5.41, 5.74) is 1.89. The van der Waals surface area contributed by atoms with Crippen molar-refractivity contribution in [1.82, 2.24) is 4.98 Å². The second-order valence-electron chi connectivity index (χ2n) is 5.51. The average Bonchev–Trinajstić information content (AvgIpc) is 2.62. The van der Waals surface area contributed by atoms with Gasteiger partial charge in [-0.15, -0.1) is 0 Å². The molecule has 0 aliphatic carbocycles. The smallest absolute Gasteiger partial charge is 0.145 e. The first-order valence-corrected chi connectivity index (χ1v) is 8.02. The molecule has 0 N–H and O–H groups in total. The van der Waals surface area contributed by atoms with Crippen molar-refractivity contribution in [1.29, 1.82) is 0 Å². The van der Waals surface area contributed by atoms with Crippen LogP contribution < -0.4 is 14.2 Å². The van der Waals surface area contributed by atoms with Crippen LogP contribution in [0.1, 0.15) is 12.1 Å². The fraction of sp³-hybridized carbons (Fsp3) is 0.250. The van der Waals surface area contributed by atoms with Gasteiger partial charge in [0, 0.05) is 23.6 Å². The Morgan fingerprint density at radius 2 is 1.67 bits per heavy atom. The van der Waals surface area contributed by atoms with Crippen LogP contribution in [0.15, 0.2) is 54.6 Å². The number of nitrogens with zero attached hydrogens (tertiary/aromatic N) is 1. The van der Waals surface area contributed by atoms with Gasteiger partial charge < -0.3 is 14.2 Å². The SMILES string of the molecule is COc1cccc(OCCCOc2cccc3ccc(C)nc23)c1. The van der Waals surface area contributed by atoms with E-state index in [2.05, 4.69) is 11.1 Å². The normalized spacial score (nSPS) is 10.6. The maximum absolute atomic E-state index is 5.89. The van der Waals surface area contributed by atoms with Crippen LogP contribution in [0.2, 0.25) is 0 Å². The van der Waals surface area contributed by atoms with Gasteiger partial charge in [-0.1, -0.05) is 24.3 Å². The maximum atomic E-state index is 5.89. The largest absolute Gasteiger partial charge is 0.497 e. The molecule has 0 saturated carbocycles. The number of benzene rings is 2. The van der Waals surface area contributed by atoms with E-state index in [-0.39, 0.29) is 0 Å². The molecule has 0 aliphatic heterocycles. The van der Waals surface area contributed by atoms with E-state index < -0.39 is 0 Å². The molecule has 0 aliphatic rings. The molecule has 3 aromatic rings. The Morgan fingerprint density at radius 1 is 0.875 bits per heavy atom. The molecule has 4 heteroatoms. The van der Waals surface area contributed by atoms with Gasteiger partial charge in [0.15, 0.2) is 0 Å². The van der Waals surface area contributed by atoms with E-state index in [0.717, 1.165) is 40.3 Å². The van der Waals surface area contributed by atoms with E-state index in [1.54, 1.807) is 7.11 Å². The van der Waals surface area contributed by atoms with Gasteiger partial charge in [-0.05, 0) is 31.2 Å². The summed E-state index contributed by atoms with van der Waals surface area (Å²) in [6, 6.07) is 17.7. The summed E-state index contributed by atoms with van der Waals surface area (Å²) in [6.07, 6.45) is 0.791. The first-order valence-electron chi connectivity index (χ1n) is 8.02. The molecule has 124 valence electrons. The number of para-hydroxylation sites is 1. The standard InChI is InChI=1S/C20H21NO3/c1-15-10-11-16-6-3-9-19(20(16)21-15)24-13-5-12-23-18-8-4-7-17(14-18)22-2/h3-4,6-11,14H,5,12-13H2,1-2H3. The fourth-order valence-electron chi connectivity index (χ4n) is 2.46. The van der Waals surface area contributed by atoms with Crippen LogP contribution in [0.5, 0.6) is 17.2 Å². The second-order valence-corrected chi connectivity index (χ2v) is 5.51. The third kappa shape index (κ3) is 3.96. The lowest BCUT2D eigenvalue weighted by Crippen LogP contribution is -2.05. The Bertz CT molecular complexity index is 817. The minimum atomic E-state index is 0.582. The number of hydrogen-bond donors (Lipinski definition) is 0. The van der Waals surface area contributed by atoms with E-state index in [0.29, 0.717) is 13.2 Å². The van der Waals surface area contributed by atoms with Crippen molar-refractivity contribution >= 4 is 10.9 Å². The molecule has 0 saturated heterocycles. The topological polar surface area (TPSA) is 40.6 Å². The number of aromatic nitrogens is 1. The first-order chi connectivity index (χ1) is 11.8. The Kier molecular flexibility index (Phi) is 5.16. The minimum Gasteiger partial charge on any atom is -0.497 e. The number of pyridine rings is 1. The molecule has 0 spiro atoms. The minimum absolute atomic E-state index is 0.582. The van der Waals surface area contributed by atoms with Crippen molar-refractivity contribution in [3.05, 3.63) is 60.3 Å². The zero-order valence-corrected chi connectivity index (χ0v) is 14.0. The molecule has 24 heavy (non-hydrogen) atoms. The lowest BCUT2D eigenvalue weighted by Gasteiger charge is -2.10. The van der Waals surface area contributed by atoms with Crippen LogP contribution in [0.3, 0.4) is 0 Å². The Hall–Kier alpha value is -2.75. The zero-order chi connectivity index (χ0) is 16.8. The highest BCUT2D eigenvalue weighted by atomic mass is 16.5. The summed E-state index contributed by atoms with van der Waals surface area (Å²) in [6.45, 7) is 3.15. The van der Waals surface area contributed by atoms with Crippen LogP contribution in [0.4, 0.5) is 0 Å². The van der Waals surface area contributed by atoms with E-state index in [9.17, 15) is 0 Å². The number of aryl methyl sites for hydroxylation is 1. The molecular weight excluding hydrogens is 302 g/mol. The lowest BCUT2D eigenvalue weighted by atomic mass is 10.2. The Balaban J connectivity index is 1.52. The van der Waals surface area contributed by atoms with Gasteiger partial charge in [0.25, 0.3) is 0 Å². The predicted molar refractivity (Wildman–Crippen MR) is 95.1 cm³/mol. The molecule has 2 aromatic carbocycles. The lowest BCUT2D eigenvalue weighted by molar-refractivity contribution is 0.248. The molecule has 4 nitrogen and oxygen atoms in total. The van der Waals surface area contributed by atoms with Crippen LogP contribution in [-0.4, -0.2) is 25.3 Å². The van der Waals surface area contributed by atoms with Gasteiger partial charge in [0.2, 0.25) is 0 Å². The maximum Gasteiger partial charge on any atom is 0.145 e. The number of hydrogen-bond acceptors (Lipinski definition) is 4. The van der Waals surface area contributed by atoms with E-state index in [4.69, 9.17) is 14.2 Å². The highest BCUT2D eigenvalue weighted by Crippen LogP contribution is 2.24. The molecule has 1 heterocycles. The molecule has 0 fully saturated rings. The van der Waals surface area contributed by atoms with E-state index in [1.165, 1.54) is 0 Å². The van der Waals surface area contributed by atoms with Gasteiger partial charge in [0.1, 0.15) is 22.8 Å². The molecular formula is C20H21NO3. The molecule has 0 radical (unpaired) electrons. The van der Waals surface area contributed by atoms with Gasteiger partial charge in [-0.3, -0.25) is 0 Å². The molecule has 1 aromatic heterocycles. The molecule has 0 bridgehead atoms. The monoisotopic (exact) mass is 323 g/mol. The third-order valence-electron chi connectivity index (χ3n) is 3.68. The van der Waals surface area contributed by atoms with Crippen LogP contribution in [-0.2, 0) is 0 Å².